The van der Waals surface area contributed by atoms with Crippen LogP contribution in [0.3, 0.4) is 0 Å². The van der Waals surface area contributed by atoms with Gasteiger partial charge in [-0.25, -0.2) is 13.1 Å². The molecular weight excluding hydrogens is 236 g/mol. The van der Waals surface area contributed by atoms with Crippen molar-refractivity contribution in [3.05, 3.63) is 22.8 Å². The number of aryl methyl sites for hydroxylation is 1. The summed E-state index contributed by atoms with van der Waals surface area (Å²) in [7, 11) is -3.46. The van der Waals surface area contributed by atoms with Gasteiger partial charge in [0.15, 0.2) is 0 Å². The van der Waals surface area contributed by atoms with Crippen LogP contribution >= 0.6 is 0 Å². The molecule has 0 aromatic heterocycles. The molecule has 3 N–H and O–H groups in total. The van der Waals surface area contributed by atoms with Gasteiger partial charge in [0.25, 0.3) is 0 Å². The summed E-state index contributed by atoms with van der Waals surface area (Å²) in [5.74, 6) is 0. The van der Waals surface area contributed by atoms with Crippen LogP contribution in [0.5, 0.6) is 0 Å². The van der Waals surface area contributed by atoms with Crippen molar-refractivity contribution in [1.82, 2.24) is 4.72 Å². The molecule has 0 aliphatic heterocycles. The predicted octanol–water partition coefficient (Wildman–Crippen LogP) is 1.88. The number of sulfonamides is 1. The molecule has 4 nitrogen and oxygen atoms in total. The van der Waals surface area contributed by atoms with Crippen molar-refractivity contribution in [2.45, 2.75) is 39.0 Å². The van der Waals surface area contributed by atoms with Crippen molar-refractivity contribution in [1.29, 1.82) is 0 Å². The Balaban J connectivity index is 3.40. The Hall–Kier alpha value is -1.07. The van der Waals surface area contributed by atoms with E-state index < -0.39 is 10.0 Å². The largest absolute Gasteiger partial charge is 0.398 e. The summed E-state index contributed by atoms with van der Waals surface area (Å²) < 4.78 is 26.9. The molecule has 17 heavy (non-hydrogen) atoms. The molecule has 0 spiro atoms. The van der Waals surface area contributed by atoms with E-state index in [2.05, 4.69) is 4.72 Å². The van der Waals surface area contributed by atoms with E-state index >= 15 is 0 Å². The first-order chi connectivity index (χ1) is 7.81. The monoisotopic (exact) mass is 256 g/mol. The van der Waals surface area contributed by atoms with E-state index in [1.165, 1.54) is 0 Å². The summed E-state index contributed by atoms with van der Waals surface area (Å²) in [6.07, 6.45) is 0.763. The molecule has 1 aromatic carbocycles. The smallest absolute Gasteiger partial charge is 0.241 e. The SMILES string of the molecule is CCCNS(=O)(=O)c1c(C)c(C)cc(N)c1C. The van der Waals surface area contributed by atoms with Gasteiger partial charge in [0.05, 0.1) is 4.90 Å². The second-order valence-electron chi connectivity index (χ2n) is 4.26. The molecule has 0 heterocycles. The van der Waals surface area contributed by atoms with Crippen molar-refractivity contribution in [2.75, 3.05) is 12.3 Å². The van der Waals surface area contributed by atoms with Gasteiger partial charge in [0, 0.05) is 12.2 Å². The highest BCUT2D eigenvalue weighted by Gasteiger charge is 2.21. The Labute approximate surface area is 103 Å². The van der Waals surface area contributed by atoms with Crippen molar-refractivity contribution in [3.8, 4) is 0 Å². The third kappa shape index (κ3) is 2.79. The van der Waals surface area contributed by atoms with Crippen molar-refractivity contribution in [3.63, 3.8) is 0 Å². The predicted molar refractivity (Wildman–Crippen MR) is 70.5 cm³/mol. The minimum absolute atomic E-state index is 0.323. The highest BCUT2D eigenvalue weighted by molar-refractivity contribution is 7.89. The van der Waals surface area contributed by atoms with E-state index in [4.69, 9.17) is 5.73 Å². The lowest BCUT2D eigenvalue weighted by Crippen LogP contribution is -2.26. The number of nitrogens with one attached hydrogen (secondary N) is 1. The van der Waals surface area contributed by atoms with Gasteiger partial charge in [-0.1, -0.05) is 6.92 Å². The number of nitrogens with two attached hydrogens (primary N) is 1. The minimum atomic E-state index is -3.46. The molecule has 0 bridgehead atoms. The van der Waals surface area contributed by atoms with Crippen LogP contribution in [-0.4, -0.2) is 15.0 Å². The Bertz CT molecular complexity index is 496. The van der Waals surface area contributed by atoms with Gasteiger partial charge in [-0.15, -0.1) is 0 Å². The van der Waals surface area contributed by atoms with E-state index in [9.17, 15) is 8.42 Å². The van der Waals surface area contributed by atoms with Crippen molar-refractivity contribution < 1.29 is 8.42 Å². The van der Waals surface area contributed by atoms with E-state index in [0.29, 0.717) is 22.7 Å². The number of nitrogen functional groups attached to an aromatic ring is 1. The lowest BCUT2D eigenvalue weighted by molar-refractivity contribution is 0.579. The fraction of sp³-hybridized carbons (Fsp3) is 0.500. The van der Waals surface area contributed by atoms with Crippen LogP contribution in [0.4, 0.5) is 5.69 Å². The highest BCUT2D eigenvalue weighted by atomic mass is 32.2. The molecule has 1 aromatic rings. The lowest BCUT2D eigenvalue weighted by Gasteiger charge is -2.15. The van der Waals surface area contributed by atoms with Crippen LogP contribution in [-0.2, 0) is 10.0 Å². The Kier molecular flexibility index (Phi) is 4.16. The van der Waals surface area contributed by atoms with Crippen LogP contribution in [0.25, 0.3) is 0 Å². The van der Waals surface area contributed by atoms with Crippen molar-refractivity contribution in [2.24, 2.45) is 0 Å². The minimum Gasteiger partial charge on any atom is -0.398 e. The fourth-order valence-electron chi connectivity index (χ4n) is 1.75. The number of anilines is 1. The molecule has 0 unspecified atom stereocenters. The standard InChI is InChI=1S/C12H20N2O2S/c1-5-6-14-17(15,16)12-9(3)8(2)7-11(13)10(12)4/h7,14H,5-6,13H2,1-4H3. The van der Waals surface area contributed by atoms with E-state index in [1.54, 1.807) is 6.92 Å². The summed E-state index contributed by atoms with van der Waals surface area (Å²) >= 11 is 0. The third-order valence-corrected chi connectivity index (χ3v) is 4.62. The van der Waals surface area contributed by atoms with Crippen LogP contribution in [0.15, 0.2) is 11.0 Å². The first-order valence-electron chi connectivity index (χ1n) is 5.67. The number of rotatable bonds is 4. The van der Waals surface area contributed by atoms with E-state index in [-0.39, 0.29) is 0 Å². The molecule has 0 saturated carbocycles. The Morgan fingerprint density at radius 3 is 2.35 bits per heavy atom. The average molecular weight is 256 g/mol. The zero-order chi connectivity index (χ0) is 13.2. The molecule has 5 heteroatoms. The fourth-order valence-corrected chi connectivity index (χ4v) is 3.46. The first-order valence-corrected chi connectivity index (χ1v) is 7.15. The molecular formula is C12H20N2O2S. The Morgan fingerprint density at radius 2 is 1.82 bits per heavy atom. The van der Waals surface area contributed by atoms with Crippen LogP contribution < -0.4 is 10.5 Å². The molecule has 0 radical (unpaired) electrons. The summed E-state index contributed by atoms with van der Waals surface area (Å²) in [4.78, 5) is 0.323. The molecule has 0 fully saturated rings. The van der Waals surface area contributed by atoms with Crippen LogP contribution in [0.2, 0.25) is 0 Å². The van der Waals surface area contributed by atoms with Gasteiger partial charge < -0.3 is 5.73 Å². The third-order valence-electron chi connectivity index (χ3n) is 2.89. The normalized spacial score (nSPS) is 11.8. The quantitative estimate of drug-likeness (QED) is 0.808. The van der Waals surface area contributed by atoms with Crippen molar-refractivity contribution >= 4 is 15.7 Å². The molecule has 0 atom stereocenters. The van der Waals surface area contributed by atoms with Gasteiger partial charge in [0.2, 0.25) is 10.0 Å². The van der Waals surface area contributed by atoms with Gasteiger partial charge in [-0.3, -0.25) is 0 Å². The average Bonchev–Trinajstić information content (AvgIpc) is 2.24. The highest BCUT2D eigenvalue weighted by Crippen LogP contribution is 2.27. The van der Waals surface area contributed by atoms with Gasteiger partial charge in [-0.2, -0.15) is 0 Å². The number of hydrogen-bond donors (Lipinski definition) is 2. The number of benzene rings is 1. The first kappa shape index (κ1) is 14.0. The topological polar surface area (TPSA) is 72.2 Å². The van der Waals surface area contributed by atoms with Gasteiger partial charge in [0.1, 0.15) is 0 Å². The summed E-state index contributed by atoms with van der Waals surface area (Å²) in [6, 6.07) is 1.81. The second kappa shape index (κ2) is 5.06. The maximum atomic E-state index is 12.2. The summed E-state index contributed by atoms with van der Waals surface area (Å²) in [6.45, 7) is 7.77. The Morgan fingerprint density at radius 1 is 1.24 bits per heavy atom. The molecule has 0 saturated heterocycles. The summed E-state index contributed by atoms with van der Waals surface area (Å²) in [5, 5.41) is 0. The maximum absolute atomic E-state index is 12.2. The van der Waals surface area contributed by atoms with Crippen LogP contribution in [0.1, 0.15) is 30.0 Å². The maximum Gasteiger partial charge on any atom is 0.241 e. The number of hydrogen-bond acceptors (Lipinski definition) is 3. The molecule has 1 rings (SSSR count). The summed E-state index contributed by atoms with van der Waals surface area (Å²) in [5.41, 5.74) is 8.62. The van der Waals surface area contributed by atoms with Gasteiger partial charge >= 0.3 is 0 Å². The zero-order valence-corrected chi connectivity index (χ0v) is 11.6. The van der Waals surface area contributed by atoms with E-state index in [0.717, 1.165) is 17.5 Å². The molecule has 96 valence electrons. The zero-order valence-electron chi connectivity index (χ0n) is 10.8. The van der Waals surface area contributed by atoms with Gasteiger partial charge in [-0.05, 0) is 49.9 Å². The molecule has 0 aliphatic rings. The lowest BCUT2D eigenvalue weighted by atomic mass is 10.1. The second-order valence-corrected chi connectivity index (χ2v) is 5.96. The van der Waals surface area contributed by atoms with E-state index in [1.807, 2.05) is 26.8 Å². The van der Waals surface area contributed by atoms with Crippen LogP contribution in [0, 0.1) is 20.8 Å². The molecule has 0 amide bonds. The molecule has 0 aliphatic carbocycles.